The van der Waals surface area contributed by atoms with Crippen LogP contribution in [0.5, 0.6) is 11.5 Å². The molecule has 0 aromatic heterocycles. The first-order valence-corrected chi connectivity index (χ1v) is 9.88. The monoisotopic (exact) mass is 418 g/mol. The average molecular weight is 418 g/mol. The molecule has 30 heavy (non-hydrogen) atoms. The zero-order valence-electron chi connectivity index (χ0n) is 17.6. The van der Waals surface area contributed by atoms with Gasteiger partial charge in [0.25, 0.3) is 0 Å². The quantitative estimate of drug-likeness (QED) is 0.306. The molecule has 164 valence electrons. The van der Waals surface area contributed by atoms with Crippen molar-refractivity contribution in [2.75, 3.05) is 67.1 Å². The molecule has 0 heterocycles. The summed E-state index contributed by atoms with van der Waals surface area (Å²) < 4.78 is 31.7. The van der Waals surface area contributed by atoms with Gasteiger partial charge in [-0.25, -0.2) is 0 Å². The van der Waals surface area contributed by atoms with Crippen molar-refractivity contribution in [2.45, 2.75) is 0 Å². The number of carbonyl (C=O) groups is 1. The lowest BCUT2D eigenvalue weighted by Crippen LogP contribution is -2.10. The fraction of sp³-hybridized carbons (Fsp3) is 0.435. The standard InChI is InChI=1S/C23H30O7/c1-25-11-13-27-15-17-29-21-7-3-19(4-8-21)23(24)20-5-9-22(10-6-20)30-18-16-28-14-12-26-2/h3-10H,11-18H2,1-2H3. The molecule has 0 fully saturated rings. The lowest BCUT2D eigenvalue weighted by Gasteiger charge is -2.09. The van der Waals surface area contributed by atoms with Crippen molar-refractivity contribution in [3.8, 4) is 11.5 Å². The molecule has 0 bridgehead atoms. The summed E-state index contributed by atoms with van der Waals surface area (Å²) in [5.74, 6) is 1.33. The normalized spacial score (nSPS) is 10.7. The highest BCUT2D eigenvalue weighted by atomic mass is 16.5. The Bertz CT molecular complexity index is 652. The molecular weight excluding hydrogens is 388 g/mol. The summed E-state index contributed by atoms with van der Waals surface area (Å²) in [5, 5.41) is 0. The second-order valence-electron chi connectivity index (χ2n) is 6.29. The molecule has 0 aliphatic rings. The molecule has 2 aromatic rings. The highest BCUT2D eigenvalue weighted by molar-refractivity contribution is 6.09. The molecule has 7 nitrogen and oxygen atoms in total. The van der Waals surface area contributed by atoms with E-state index in [1.54, 1.807) is 62.8 Å². The highest BCUT2D eigenvalue weighted by Gasteiger charge is 2.09. The first kappa shape index (κ1) is 23.8. The minimum absolute atomic E-state index is 0.0566. The van der Waals surface area contributed by atoms with Gasteiger partial charge in [-0.2, -0.15) is 0 Å². The van der Waals surface area contributed by atoms with Crippen LogP contribution in [-0.4, -0.2) is 72.9 Å². The molecule has 0 N–H and O–H groups in total. The van der Waals surface area contributed by atoms with E-state index in [0.717, 1.165) is 0 Å². The van der Waals surface area contributed by atoms with Crippen LogP contribution in [0.25, 0.3) is 0 Å². The van der Waals surface area contributed by atoms with Crippen LogP contribution in [0.2, 0.25) is 0 Å². The SMILES string of the molecule is COCCOCCOc1ccc(C(=O)c2ccc(OCCOCCOC)cc2)cc1. The maximum absolute atomic E-state index is 12.6. The minimum Gasteiger partial charge on any atom is -0.491 e. The minimum atomic E-state index is -0.0566. The van der Waals surface area contributed by atoms with Crippen molar-refractivity contribution in [1.29, 1.82) is 0 Å². The van der Waals surface area contributed by atoms with Crippen molar-refractivity contribution in [3.63, 3.8) is 0 Å². The molecule has 0 atom stereocenters. The van der Waals surface area contributed by atoms with E-state index in [0.29, 0.717) is 75.5 Å². The number of ketones is 1. The van der Waals surface area contributed by atoms with Gasteiger partial charge in [0.05, 0.1) is 39.6 Å². The van der Waals surface area contributed by atoms with Gasteiger partial charge < -0.3 is 28.4 Å². The predicted octanol–water partition coefficient (Wildman–Crippen LogP) is 3.00. The molecule has 0 spiro atoms. The van der Waals surface area contributed by atoms with Crippen molar-refractivity contribution in [3.05, 3.63) is 59.7 Å². The Labute approximate surface area is 177 Å². The molecule has 0 aliphatic heterocycles. The van der Waals surface area contributed by atoms with Crippen molar-refractivity contribution in [1.82, 2.24) is 0 Å². The molecule has 0 unspecified atom stereocenters. The van der Waals surface area contributed by atoms with Crippen LogP contribution in [0.4, 0.5) is 0 Å². The van der Waals surface area contributed by atoms with E-state index < -0.39 is 0 Å². The van der Waals surface area contributed by atoms with E-state index in [2.05, 4.69) is 0 Å². The number of rotatable bonds is 16. The van der Waals surface area contributed by atoms with Crippen LogP contribution in [0, 0.1) is 0 Å². The fourth-order valence-electron chi connectivity index (χ4n) is 2.50. The third-order valence-electron chi connectivity index (χ3n) is 4.09. The summed E-state index contributed by atoms with van der Waals surface area (Å²) in [6, 6.07) is 14.1. The third-order valence-corrected chi connectivity index (χ3v) is 4.09. The molecule has 2 rings (SSSR count). The number of carbonyl (C=O) groups excluding carboxylic acids is 1. The number of ether oxygens (including phenoxy) is 6. The summed E-state index contributed by atoms with van der Waals surface area (Å²) in [6.07, 6.45) is 0. The molecule has 0 saturated heterocycles. The van der Waals surface area contributed by atoms with Gasteiger partial charge in [-0.05, 0) is 48.5 Å². The zero-order chi connectivity index (χ0) is 21.4. The van der Waals surface area contributed by atoms with Gasteiger partial charge in [0.2, 0.25) is 0 Å². The lowest BCUT2D eigenvalue weighted by atomic mass is 10.0. The van der Waals surface area contributed by atoms with E-state index >= 15 is 0 Å². The first-order valence-electron chi connectivity index (χ1n) is 9.88. The molecule has 0 amide bonds. The summed E-state index contributed by atoms with van der Waals surface area (Å²) in [6.45, 7) is 4.06. The summed E-state index contributed by atoms with van der Waals surface area (Å²) in [7, 11) is 3.26. The van der Waals surface area contributed by atoms with Crippen molar-refractivity contribution < 1.29 is 33.2 Å². The Morgan fingerprint density at radius 1 is 0.567 bits per heavy atom. The number of methoxy groups -OCH3 is 2. The average Bonchev–Trinajstić information content (AvgIpc) is 2.79. The maximum Gasteiger partial charge on any atom is 0.193 e. The highest BCUT2D eigenvalue weighted by Crippen LogP contribution is 2.18. The van der Waals surface area contributed by atoms with Gasteiger partial charge >= 0.3 is 0 Å². The van der Waals surface area contributed by atoms with Gasteiger partial charge in [-0.15, -0.1) is 0 Å². The summed E-state index contributed by atoms with van der Waals surface area (Å²) in [5.41, 5.74) is 1.19. The van der Waals surface area contributed by atoms with Crippen LogP contribution in [-0.2, 0) is 18.9 Å². The Balaban J connectivity index is 1.75. The lowest BCUT2D eigenvalue weighted by molar-refractivity contribution is 0.0544. The summed E-state index contributed by atoms with van der Waals surface area (Å²) in [4.78, 5) is 12.6. The Morgan fingerprint density at radius 3 is 1.30 bits per heavy atom. The second-order valence-corrected chi connectivity index (χ2v) is 6.29. The topological polar surface area (TPSA) is 72.5 Å². The molecule has 2 aromatic carbocycles. The molecular formula is C23H30O7. The van der Waals surface area contributed by atoms with Crippen molar-refractivity contribution >= 4 is 5.78 Å². The van der Waals surface area contributed by atoms with E-state index in [1.165, 1.54) is 0 Å². The Kier molecular flexibility index (Phi) is 11.5. The van der Waals surface area contributed by atoms with Gasteiger partial charge in [0.1, 0.15) is 24.7 Å². The van der Waals surface area contributed by atoms with Crippen LogP contribution >= 0.6 is 0 Å². The zero-order valence-corrected chi connectivity index (χ0v) is 17.6. The van der Waals surface area contributed by atoms with Crippen LogP contribution in [0.15, 0.2) is 48.5 Å². The smallest absolute Gasteiger partial charge is 0.193 e. The van der Waals surface area contributed by atoms with Crippen molar-refractivity contribution in [2.24, 2.45) is 0 Å². The largest absolute Gasteiger partial charge is 0.491 e. The number of hydrogen-bond acceptors (Lipinski definition) is 7. The molecule has 0 radical (unpaired) electrons. The van der Waals surface area contributed by atoms with Crippen LogP contribution < -0.4 is 9.47 Å². The maximum atomic E-state index is 12.6. The Hall–Kier alpha value is -2.45. The Morgan fingerprint density at radius 2 is 0.933 bits per heavy atom. The van der Waals surface area contributed by atoms with Gasteiger partial charge in [0.15, 0.2) is 5.78 Å². The number of hydrogen-bond donors (Lipinski definition) is 0. The first-order chi connectivity index (χ1) is 14.7. The summed E-state index contributed by atoms with van der Waals surface area (Å²) >= 11 is 0. The second kappa shape index (κ2) is 14.5. The molecule has 7 heteroatoms. The predicted molar refractivity (Wildman–Crippen MR) is 113 cm³/mol. The third kappa shape index (κ3) is 8.92. The van der Waals surface area contributed by atoms with E-state index in [1.807, 2.05) is 0 Å². The van der Waals surface area contributed by atoms with E-state index in [9.17, 15) is 4.79 Å². The van der Waals surface area contributed by atoms with E-state index in [-0.39, 0.29) is 5.78 Å². The molecule has 0 aliphatic carbocycles. The van der Waals surface area contributed by atoms with Gasteiger partial charge in [-0.3, -0.25) is 4.79 Å². The van der Waals surface area contributed by atoms with Gasteiger partial charge in [0, 0.05) is 25.3 Å². The molecule has 0 saturated carbocycles. The van der Waals surface area contributed by atoms with E-state index in [4.69, 9.17) is 28.4 Å². The van der Waals surface area contributed by atoms with Crippen LogP contribution in [0.1, 0.15) is 15.9 Å². The number of benzene rings is 2. The fourth-order valence-corrected chi connectivity index (χ4v) is 2.50. The van der Waals surface area contributed by atoms with Gasteiger partial charge in [-0.1, -0.05) is 0 Å². The van der Waals surface area contributed by atoms with Crippen LogP contribution in [0.3, 0.4) is 0 Å².